The van der Waals surface area contributed by atoms with Gasteiger partial charge in [0.1, 0.15) is 0 Å². The number of aromatic amines is 1. The number of hydrogen-bond donors (Lipinski definition) is 2. The lowest BCUT2D eigenvalue weighted by molar-refractivity contribution is 0.0952. The molecule has 10 heteroatoms. The average Bonchev–Trinajstić information content (AvgIpc) is 3.42. The molecule has 0 saturated carbocycles. The van der Waals surface area contributed by atoms with Gasteiger partial charge >= 0.3 is 0 Å². The van der Waals surface area contributed by atoms with Crippen LogP contribution in [0.2, 0.25) is 0 Å². The number of carbonyl (C=O) groups excluding carboxylic acids is 1. The summed E-state index contributed by atoms with van der Waals surface area (Å²) in [6.07, 6.45) is 3.23. The van der Waals surface area contributed by atoms with E-state index in [1.807, 2.05) is 26.8 Å². The summed E-state index contributed by atoms with van der Waals surface area (Å²) in [5.74, 6) is -0.457. The highest BCUT2D eigenvalue weighted by atomic mass is 32.2. The summed E-state index contributed by atoms with van der Waals surface area (Å²) in [6, 6.07) is 4.85. The smallest absolute Gasteiger partial charge is 0.253 e. The first-order valence-corrected chi connectivity index (χ1v) is 12.5. The highest BCUT2D eigenvalue weighted by Crippen LogP contribution is 2.29. The van der Waals surface area contributed by atoms with Crippen molar-refractivity contribution in [1.29, 1.82) is 0 Å². The zero-order chi connectivity index (χ0) is 23.9. The maximum Gasteiger partial charge on any atom is 0.253 e. The Labute approximate surface area is 192 Å². The number of nitrogens with zero attached hydrogens (tertiary/aromatic N) is 3. The number of sulfonamides is 1. The van der Waals surface area contributed by atoms with Crippen LogP contribution < -0.4 is 10.9 Å². The molecule has 1 saturated heterocycles. The van der Waals surface area contributed by atoms with Crippen LogP contribution in [0.1, 0.15) is 59.9 Å². The summed E-state index contributed by atoms with van der Waals surface area (Å²) in [4.78, 5) is 28.4. The molecule has 1 aliphatic rings. The van der Waals surface area contributed by atoms with Crippen molar-refractivity contribution in [3.05, 3.63) is 57.1 Å². The predicted octanol–water partition coefficient (Wildman–Crippen LogP) is 2.64. The lowest BCUT2D eigenvalue weighted by atomic mass is 10.1. The van der Waals surface area contributed by atoms with Crippen molar-refractivity contribution in [2.24, 2.45) is 0 Å². The number of fused-ring (bicyclic) bond motifs is 1. The molecule has 4 rings (SSSR count). The van der Waals surface area contributed by atoms with Gasteiger partial charge in [0.15, 0.2) is 0 Å². The second-order valence-electron chi connectivity index (χ2n) is 8.82. The van der Waals surface area contributed by atoms with E-state index in [1.165, 1.54) is 10.4 Å². The molecular weight excluding hydrogens is 442 g/mol. The summed E-state index contributed by atoms with van der Waals surface area (Å²) >= 11 is 0. The van der Waals surface area contributed by atoms with Crippen LogP contribution in [0.3, 0.4) is 0 Å². The van der Waals surface area contributed by atoms with Crippen LogP contribution in [0.4, 0.5) is 0 Å². The van der Waals surface area contributed by atoms with E-state index in [9.17, 15) is 18.0 Å². The van der Waals surface area contributed by atoms with E-state index in [4.69, 9.17) is 0 Å². The fourth-order valence-corrected chi connectivity index (χ4v) is 5.87. The number of nitrogens with one attached hydrogen (secondary N) is 2. The Morgan fingerprint density at radius 1 is 1.18 bits per heavy atom. The zero-order valence-electron chi connectivity index (χ0n) is 19.3. The second-order valence-corrected chi connectivity index (χ2v) is 10.8. The van der Waals surface area contributed by atoms with Crippen LogP contribution in [0.25, 0.3) is 10.9 Å². The number of rotatable bonds is 6. The first-order valence-electron chi connectivity index (χ1n) is 11.1. The van der Waals surface area contributed by atoms with Gasteiger partial charge in [0.25, 0.3) is 11.5 Å². The van der Waals surface area contributed by atoms with Crippen LogP contribution in [-0.4, -0.2) is 46.5 Å². The van der Waals surface area contributed by atoms with Crippen molar-refractivity contribution in [1.82, 2.24) is 24.4 Å². The van der Waals surface area contributed by atoms with Gasteiger partial charge in [0.2, 0.25) is 10.0 Å². The van der Waals surface area contributed by atoms with Gasteiger partial charge in [-0.3, -0.25) is 14.3 Å². The molecule has 0 unspecified atom stereocenters. The average molecular weight is 472 g/mol. The van der Waals surface area contributed by atoms with Gasteiger partial charge in [-0.05, 0) is 64.3 Å². The number of H-pyrrole nitrogens is 1. The first kappa shape index (κ1) is 23.2. The molecule has 2 N–H and O–H groups in total. The molecule has 1 fully saturated rings. The van der Waals surface area contributed by atoms with E-state index in [2.05, 4.69) is 15.4 Å². The van der Waals surface area contributed by atoms with Gasteiger partial charge in [-0.15, -0.1) is 0 Å². The van der Waals surface area contributed by atoms with Crippen LogP contribution in [0.5, 0.6) is 0 Å². The second kappa shape index (κ2) is 8.75. The third-order valence-corrected chi connectivity index (χ3v) is 7.92. The van der Waals surface area contributed by atoms with Gasteiger partial charge in [0, 0.05) is 42.3 Å². The molecule has 3 aromatic rings. The molecule has 1 aliphatic heterocycles. The molecule has 3 heterocycles. The fourth-order valence-electron chi connectivity index (χ4n) is 4.31. The lowest BCUT2D eigenvalue weighted by Crippen LogP contribution is -2.30. The van der Waals surface area contributed by atoms with Crippen LogP contribution in [0, 0.1) is 13.8 Å². The van der Waals surface area contributed by atoms with Crippen molar-refractivity contribution in [3.63, 3.8) is 0 Å². The van der Waals surface area contributed by atoms with Crippen molar-refractivity contribution in [2.75, 3.05) is 13.1 Å². The Bertz CT molecular complexity index is 1380. The Morgan fingerprint density at radius 3 is 2.52 bits per heavy atom. The number of benzene rings is 1. The first-order chi connectivity index (χ1) is 15.6. The van der Waals surface area contributed by atoms with Gasteiger partial charge in [-0.2, -0.15) is 9.40 Å². The number of pyridine rings is 1. The van der Waals surface area contributed by atoms with E-state index in [1.54, 1.807) is 23.9 Å². The quantitative estimate of drug-likeness (QED) is 0.573. The van der Waals surface area contributed by atoms with E-state index < -0.39 is 15.9 Å². The summed E-state index contributed by atoms with van der Waals surface area (Å²) in [6.45, 7) is 8.48. The lowest BCUT2D eigenvalue weighted by Gasteiger charge is -2.17. The summed E-state index contributed by atoms with van der Waals surface area (Å²) in [5.41, 5.74) is 2.54. The highest BCUT2D eigenvalue weighted by molar-refractivity contribution is 7.89. The largest absolute Gasteiger partial charge is 0.348 e. The maximum absolute atomic E-state index is 13.3. The molecule has 9 nitrogen and oxygen atoms in total. The molecule has 1 aromatic carbocycles. The van der Waals surface area contributed by atoms with Crippen molar-refractivity contribution >= 4 is 26.8 Å². The summed E-state index contributed by atoms with van der Waals surface area (Å²) in [7, 11) is -3.73. The SMILES string of the molecule is Cc1cc(C)c(CNC(=O)c2cc(S(=O)(=O)N3CCCC3)cc3c2cnn3C(C)C)c(=O)[nH]1. The van der Waals surface area contributed by atoms with E-state index in [0.717, 1.165) is 24.1 Å². The molecule has 0 bridgehead atoms. The Hall–Kier alpha value is -2.98. The monoisotopic (exact) mass is 471 g/mol. The third-order valence-electron chi connectivity index (χ3n) is 6.05. The number of hydrogen-bond acceptors (Lipinski definition) is 5. The molecule has 33 heavy (non-hydrogen) atoms. The standard InChI is InChI=1S/C23H29N5O4S/c1-14(2)28-21-11-17(33(31,32)27-7-5-6-8-27)10-18(20(21)13-25-28)22(29)24-12-19-15(3)9-16(4)26-23(19)30/h9-11,13-14H,5-8,12H2,1-4H3,(H,24,29)(H,26,30). The molecule has 2 aromatic heterocycles. The molecule has 0 aliphatic carbocycles. The highest BCUT2D eigenvalue weighted by Gasteiger charge is 2.29. The number of carbonyl (C=O) groups is 1. The Kier molecular flexibility index (Phi) is 6.15. The Morgan fingerprint density at radius 2 is 1.88 bits per heavy atom. The van der Waals surface area contributed by atoms with Crippen molar-refractivity contribution in [3.8, 4) is 0 Å². The molecule has 0 radical (unpaired) electrons. The summed E-state index contributed by atoms with van der Waals surface area (Å²) in [5, 5.41) is 7.74. The molecule has 0 spiro atoms. The van der Waals surface area contributed by atoms with Gasteiger partial charge in [0.05, 0.1) is 22.2 Å². The number of aryl methyl sites for hydroxylation is 2. The minimum absolute atomic E-state index is 0.0167. The number of aromatic nitrogens is 3. The summed E-state index contributed by atoms with van der Waals surface area (Å²) < 4.78 is 29.7. The fraction of sp³-hybridized carbons (Fsp3) is 0.435. The predicted molar refractivity (Wildman–Crippen MR) is 126 cm³/mol. The topological polar surface area (TPSA) is 117 Å². The van der Waals surface area contributed by atoms with Crippen molar-refractivity contribution in [2.45, 2.75) is 58.0 Å². The van der Waals surface area contributed by atoms with Crippen LogP contribution in [0.15, 0.2) is 34.1 Å². The Balaban J connectivity index is 1.76. The van der Waals surface area contributed by atoms with Crippen LogP contribution in [-0.2, 0) is 16.6 Å². The number of amides is 1. The van der Waals surface area contributed by atoms with Gasteiger partial charge in [-0.25, -0.2) is 8.42 Å². The van der Waals surface area contributed by atoms with Gasteiger partial charge in [-0.1, -0.05) is 0 Å². The van der Waals surface area contributed by atoms with E-state index in [-0.39, 0.29) is 28.6 Å². The van der Waals surface area contributed by atoms with Gasteiger partial charge < -0.3 is 10.3 Å². The van der Waals surface area contributed by atoms with Crippen LogP contribution >= 0.6 is 0 Å². The molecule has 0 atom stereocenters. The minimum Gasteiger partial charge on any atom is -0.348 e. The van der Waals surface area contributed by atoms with Crippen molar-refractivity contribution < 1.29 is 13.2 Å². The molecular formula is C23H29N5O4S. The molecule has 176 valence electrons. The zero-order valence-corrected chi connectivity index (χ0v) is 20.1. The maximum atomic E-state index is 13.3. The van der Waals surface area contributed by atoms with E-state index in [0.29, 0.717) is 29.6 Å². The normalized spacial score (nSPS) is 14.9. The van der Waals surface area contributed by atoms with E-state index >= 15 is 0 Å². The molecule has 1 amide bonds. The third kappa shape index (κ3) is 4.32. The minimum atomic E-state index is -3.73.